The summed E-state index contributed by atoms with van der Waals surface area (Å²) in [5.74, 6) is 0.517. The van der Waals surface area contributed by atoms with Crippen LogP contribution in [0.4, 0.5) is 0 Å². The lowest BCUT2D eigenvalue weighted by atomic mass is 9.94. The Bertz CT molecular complexity index is 1100. The smallest absolute Gasteiger partial charge is 0.272 e. The number of aromatic amines is 1. The zero-order valence-electron chi connectivity index (χ0n) is 16.7. The van der Waals surface area contributed by atoms with Crippen LogP contribution in [0.15, 0.2) is 58.0 Å². The molecule has 0 unspecified atom stereocenters. The Morgan fingerprint density at radius 1 is 1.23 bits per heavy atom. The van der Waals surface area contributed by atoms with Crippen molar-refractivity contribution in [3.8, 4) is 0 Å². The molecule has 2 aromatic heterocycles. The summed E-state index contributed by atoms with van der Waals surface area (Å²) in [6.07, 6.45) is 2.89. The van der Waals surface area contributed by atoms with Gasteiger partial charge < -0.3 is 9.73 Å². The Morgan fingerprint density at radius 2 is 1.97 bits per heavy atom. The molecule has 3 aromatic rings. The maximum absolute atomic E-state index is 12.8. The highest BCUT2D eigenvalue weighted by atomic mass is 32.2. The lowest BCUT2D eigenvalue weighted by Gasteiger charge is -2.30. The molecule has 1 aliphatic rings. The van der Waals surface area contributed by atoms with Gasteiger partial charge in [-0.2, -0.15) is 9.40 Å². The van der Waals surface area contributed by atoms with Crippen molar-refractivity contribution >= 4 is 15.9 Å². The molecule has 2 N–H and O–H groups in total. The lowest BCUT2D eigenvalue weighted by molar-refractivity contribution is 0.0943. The third kappa shape index (κ3) is 4.31. The van der Waals surface area contributed by atoms with Crippen LogP contribution in [0.3, 0.4) is 0 Å². The molecule has 9 heteroatoms. The average Bonchev–Trinajstić information content (AvgIpc) is 3.45. The Balaban J connectivity index is 1.35. The third-order valence-electron chi connectivity index (χ3n) is 5.39. The SMILES string of the molecule is Cc1ccc(S(=O)(=O)N2CCC(c3cc(C(=O)NCc4ccco4)n[nH]3)CC2)cc1. The second-order valence-electron chi connectivity index (χ2n) is 7.46. The van der Waals surface area contributed by atoms with Gasteiger partial charge >= 0.3 is 0 Å². The number of sulfonamides is 1. The molecule has 4 rings (SSSR count). The molecular formula is C21H24N4O4S. The first kappa shape index (κ1) is 20.4. The van der Waals surface area contributed by atoms with Crippen LogP contribution in [-0.4, -0.2) is 41.9 Å². The van der Waals surface area contributed by atoms with Crippen molar-refractivity contribution < 1.29 is 17.6 Å². The molecule has 1 amide bonds. The Kier molecular flexibility index (Phi) is 5.74. The van der Waals surface area contributed by atoms with Crippen LogP contribution < -0.4 is 5.32 Å². The number of nitrogens with zero attached hydrogens (tertiary/aromatic N) is 2. The molecule has 30 heavy (non-hydrogen) atoms. The summed E-state index contributed by atoms with van der Waals surface area (Å²) in [5.41, 5.74) is 2.19. The maximum Gasteiger partial charge on any atom is 0.272 e. The summed E-state index contributed by atoms with van der Waals surface area (Å²) in [6.45, 7) is 3.08. The van der Waals surface area contributed by atoms with E-state index >= 15 is 0 Å². The predicted octanol–water partition coefficient (Wildman–Crippen LogP) is 2.81. The number of furan rings is 1. The van der Waals surface area contributed by atoms with Crippen molar-refractivity contribution in [3.05, 3.63) is 71.4 Å². The van der Waals surface area contributed by atoms with Gasteiger partial charge in [0.2, 0.25) is 10.0 Å². The topological polar surface area (TPSA) is 108 Å². The van der Waals surface area contributed by atoms with E-state index in [1.807, 2.05) is 19.1 Å². The minimum absolute atomic E-state index is 0.133. The number of piperidine rings is 1. The largest absolute Gasteiger partial charge is 0.467 e. The number of nitrogens with one attached hydrogen (secondary N) is 2. The van der Waals surface area contributed by atoms with E-state index < -0.39 is 10.0 Å². The first-order valence-electron chi connectivity index (χ1n) is 9.86. The number of aryl methyl sites for hydroxylation is 1. The molecule has 1 saturated heterocycles. The summed E-state index contributed by atoms with van der Waals surface area (Å²) in [6, 6.07) is 12.2. The Morgan fingerprint density at radius 3 is 2.63 bits per heavy atom. The summed E-state index contributed by atoms with van der Waals surface area (Å²) in [7, 11) is -3.49. The van der Waals surface area contributed by atoms with Crippen LogP contribution in [0.2, 0.25) is 0 Å². The fraction of sp³-hybridized carbons (Fsp3) is 0.333. The van der Waals surface area contributed by atoms with E-state index in [0.717, 1.165) is 11.3 Å². The molecule has 0 spiro atoms. The van der Waals surface area contributed by atoms with Gasteiger partial charge in [0.1, 0.15) is 11.5 Å². The van der Waals surface area contributed by atoms with Gasteiger partial charge in [-0.1, -0.05) is 17.7 Å². The maximum atomic E-state index is 12.8. The number of hydrogen-bond donors (Lipinski definition) is 2. The van der Waals surface area contributed by atoms with Gasteiger partial charge in [-0.15, -0.1) is 0 Å². The molecule has 0 atom stereocenters. The van der Waals surface area contributed by atoms with Gasteiger partial charge in [-0.05, 0) is 50.1 Å². The van der Waals surface area contributed by atoms with Crippen molar-refractivity contribution in [1.82, 2.24) is 19.8 Å². The van der Waals surface area contributed by atoms with Crippen LogP contribution in [-0.2, 0) is 16.6 Å². The molecule has 1 aromatic carbocycles. The normalized spacial score (nSPS) is 15.9. The highest BCUT2D eigenvalue weighted by Crippen LogP contribution is 2.30. The van der Waals surface area contributed by atoms with E-state index in [0.29, 0.717) is 48.8 Å². The average molecular weight is 429 g/mol. The second kappa shape index (κ2) is 8.45. The van der Waals surface area contributed by atoms with Crippen LogP contribution in [0.1, 0.15) is 46.3 Å². The van der Waals surface area contributed by atoms with E-state index in [2.05, 4.69) is 15.5 Å². The second-order valence-corrected chi connectivity index (χ2v) is 9.40. The Hall–Kier alpha value is -2.91. The fourth-order valence-electron chi connectivity index (χ4n) is 3.60. The number of carbonyl (C=O) groups excluding carboxylic acids is 1. The Labute approximate surface area is 175 Å². The van der Waals surface area contributed by atoms with Crippen LogP contribution in [0.5, 0.6) is 0 Å². The van der Waals surface area contributed by atoms with Crippen molar-refractivity contribution in [2.24, 2.45) is 0 Å². The minimum Gasteiger partial charge on any atom is -0.467 e. The van der Waals surface area contributed by atoms with Crippen LogP contribution in [0.25, 0.3) is 0 Å². The van der Waals surface area contributed by atoms with E-state index in [4.69, 9.17) is 4.42 Å². The molecule has 0 aliphatic carbocycles. The number of hydrogen-bond acceptors (Lipinski definition) is 5. The predicted molar refractivity (Wildman–Crippen MR) is 110 cm³/mol. The molecule has 0 radical (unpaired) electrons. The van der Waals surface area contributed by atoms with Crippen molar-refractivity contribution in [2.45, 2.75) is 37.1 Å². The number of benzene rings is 1. The van der Waals surface area contributed by atoms with Gasteiger partial charge in [0.25, 0.3) is 5.91 Å². The summed E-state index contributed by atoms with van der Waals surface area (Å²) in [4.78, 5) is 12.6. The highest BCUT2D eigenvalue weighted by Gasteiger charge is 2.30. The van der Waals surface area contributed by atoms with Crippen molar-refractivity contribution in [2.75, 3.05) is 13.1 Å². The van der Waals surface area contributed by atoms with Crippen LogP contribution >= 0.6 is 0 Å². The summed E-state index contributed by atoms with van der Waals surface area (Å²) < 4.78 is 32.4. The van der Waals surface area contributed by atoms with E-state index in [-0.39, 0.29) is 11.8 Å². The number of amides is 1. The lowest BCUT2D eigenvalue weighted by Crippen LogP contribution is -2.37. The summed E-state index contributed by atoms with van der Waals surface area (Å²) >= 11 is 0. The van der Waals surface area contributed by atoms with Crippen molar-refractivity contribution in [3.63, 3.8) is 0 Å². The molecule has 0 bridgehead atoms. The van der Waals surface area contributed by atoms with Gasteiger partial charge in [0.05, 0.1) is 17.7 Å². The molecule has 3 heterocycles. The molecule has 1 aliphatic heterocycles. The third-order valence-corrected chi connectivity index (χ3v) is 7.30. The molecule has 0 saturated carbocycles. The first-order chi connectivity index (χ1) is 14.4. The zero-order valence-corrected chi connectivity index (χ0v) is 17.5. The van der Waals surface area contributed by atoms with E-state index in [9.17, 15) is 13.2 Å². The minimum atomic E-state index is -3.49. The molecule has 8 nitrogen and oxygen atoms in total. The molecule has 158 valence electrons. The number of aromatic nitrogens is 2. The van der Waals surface area contributed by atoms with Crippen LogP contribution in [0, 0.1) is 6.92 Å². The fourth-order valence-corrected chi connectivity index (χ4v) is 5.07. The number of rotatable bonds is 6. The standard InChI is InChI=1S/C21H24N4O4S/c1-15-4-6-18(7-5-15)30(27,28)25-10-8-16(9-11-25)19-13-20(24-23-19)21(26)22-14-17-3-2-12-29-17/h2-7,12-13,16H,8-11,14H2,1H3,(H,22,26)(H,23,24). The van der Waals surface area contributed by atoms with Gasteiger partial charge in [0, 0.05) is 24.7 Å². The number of H-pyrrole nitrogens is 1. The number of carbonyl (C=O) groups is 1. The van der Waals surface area contributed by atoms with E-state index in [1.165, 1.54) is 4.31 Å². The van der Waals surface area contributed by atoms with E-state index in [1.54, 1.807) is 36.6 Å². The van der Waals surface area contributed by atoms with Gasteiger partial charge in [-0.3, -0.25) is 9.89 Å². The summed E-state index contributed by atoms with van der Waals surface area (Å²) in [5, 5.41) is 9.82. The molecule has 1 fully saturated rings. The molecular weight excluding hydrogens is 404 g/mol. The van der Waals surface area contributed by atoms with Gasteiger partial charge in [0.15, 0.2) is 0 Å². The quantitative estimate of drug-likeness (QED) is 0.628. The monoisotopic (exact) mass is 428 g/mol. The highest BCUT2D eigenvalue weighted by molar-refractivity contribution is 7.89. The van der Waals surface area contributed by atoms with Gasteiger partial charge in [-0.25, -0.2) is 8.42 Å². The van der Waals surface area contributed by atoms with Crippen molar-refractivity contribution in [1.29, 1.82) is 0 Å². The zero-order chi connectivity index (χ0) is 21.1. The first-order valence-corrected chi connectivity index (χ1v) is 11.3.